The fourth-order valence-corrected chi connectivity index (χ4v) is 4.76. The van der Waals surface area contributed by atoms with Crippen LogP contribution in [0, 0.1) is 5.82 Å². The number of anilines is 1. The molecule has 0 bridgehead atoms. The number of Topliss-reactive ketones (excluding diaryl/α,β-unsaturated/α-hetero) is 1. The van der Waals surface area contributed by atoms with Crippen LogP contribution in [0.4, 0.5) is 10.1 Å². The second-order valence-corrected chi connectivity index (χ2v) is 8.34. The summed E-state index contributed by atoms with van der Waals surface area (Å²) in [6.45, 7) is 4.18. The first-order valence-corrected chi connectivity index (χ1v) is 11.1. The van der Waals surface area contributed by atoms with E-state index in [0.29, 0.717) is 11.3 Å². The molecule has 0 fully saturated rings. The summed E-state index contributed by atoms with van der Waals surface area (Å²) in [5.41, 5.74) is 9.33. The highest BCUT2D eigenvalue weighted by atomic mass is 32.2. The molecular weight excluding hydrogens is 425 g/mol. The lowest BCUT2D eigenvalue weighted by atomic mass is 9.99. The minimum absolute atomic E-state index is 0.0386. The highest BCUT2D eigenvalue weighted by molar-refractivity contribution is 8.02. The highest BCUT2D eigenvalue weighted by Crippen LogP contribution is 2.43. The van der Waals surface area contributed by atoms with Gasteiger partial charge in [0.2, 0.25) is 0 Å². The van der Waals surface area contributed by atoms with Crippen molar-refractivity contribution in [1.29, 1.82) is 0 Å². The summed E-state index contributed by atoms with van der Waals surface area (Å²) in [6.07, 6.45) is 5.60. The third-order valence-electron chi connectivity index (χ3n) is 5.44. The number of allylic oxidation sites excluding steroid dienone is 1. The van der Waals surface area contributed by atoms with E-state index >= 15 is 0 Å². The molecule has 0 aliphatic carbocycles. The minimum Gasteiger partial charge on any atom is -0.499 e. The molecule has 164 valence electrons. The van der Waals surface area contributed by atoms with Crippen LogP contribution in [0.15, 0.2) is 90.9 Å². The Kier molecular flexibility index (Phi) is 6.48. The largest absolute Gasteiger partial charge is 0.499 e. The van der Waals surface area contributed by atoms with Crippen molar-refractivity contribution in [3.05, 3.63) is 113 Å². The van der Waals surface area contributed by atoms with E-state index in [1.165, 1.54) is 19.2 Å². The summed E-state index contributed by atoms with van der Waals surface area (Å²) < 4.78 is 20.5. The molecule has 1 aliphatic heterocycles. The number of aromatic nitrogens is 1. The highest BCUT2D eigenvalue weighted by Gasteiger charge is 2.28. The number of nitrogens with two attached hydrogens (primary N) is 1. The molecule has 0 spiro atoms. The first kappa shape index (κ1) is 21.9. The molecule has 4 rings (SSSR count). The summed E-state index contributed by atoms with van der Waals surface area (Å²) in [4.78, 5) is 15.5. The summed E-state index contributed by atoms with van der Waals surface area (Å²) >= 11 is 1.63. The lowest BCUT2D eigenvalue weighted by Gasteiger charge is -2.28. The van der Waals surface area contributed by atoms with Gasteiger partial charge in [0.15, 0.2) is 11.8 Å². The standard InChI is InChI=1S/C25H24FN3O2S/c1-17(31-2)23(28-11-3-4-12-28)24(30)19-7-10-22(20(15-19)16-27)29-13-14-32-25(29)18-5-8-21(26)9-6-18/h3-15,23,25H,1,16,27H2,2H3. The van der Waals surface area contributed by atoms with Gasteiger partial charge in [0, 0.05) is 36.4 Å². The number of rotatable bonds is 8. The van der Waals surface area contributed by atoms with Crippen molar-refractivity contribution in [3.63, 3.8) is 0 Å². The molecule has 0 saturated heterocycles. The molecule has 2 atom stereocenters. The number of benzene rings is 2. The monoisotopic (exact) mass is 449 g/mol. The predicted octanol–water partition coefficient (Wildman–Crippen LogP) is 5.39. The Morgan fingerprint density at radius 3 is 2.59 bits per heavy atom. The normalized spacial score (nSPS) is 16.2. The molecule has 7 heteroatoms. The molecule has 2 N–H and O–H groups in total. The van der Waals surface area contributed by atoms with Crippen LogP contribution < -0.4 is 10.6 Å². The molecule has 3 aromatic rings. The maximum Gasteiger partial charge on any atom is 0.193 e. The molecule has 2 aromatic carbocycles. The van der Waals surface area contributed by atoms with Crippen molar-refractivity contribution in [2.75, 3.05) is 12.0 Å². The number of ether oxygens (including phenoxy) is 1. The number of methoxy groups -OCH3 is 1. The molecule has 1 aromatic heterocycles. The molecule has 0 saturated carbocycles. The van der Waals surface area contributed by atoms with Crippen LogP contribution in [0.5, 0.6) is 0 Å². The van der Waals surface area contributed by atoms with Gasteiger partial charge >= 0.3 is 0 Å². The fraction of sp³-hybridized carbons (Fsp3) is 0.160. The summed E-state index contributed by atoms with van der Waals surface area (Å²) in [5, 5.41) is 1.96. The molecule has 2 unspecified atom stereocenters. The zero-order chi connectivity index (χ0) is 22.7. The SMILES string of the molecule is C=C(OC)C(C(=O)c1ccc(N2C=CSC2c2ccc(F)cc2)c(CN)c1)n1cccc1. The Morgan fingerprint density at radius 1 is 1.22 bits per heavy atom. The average Bonchev–Trinajstić information content (AvgIpc) is 3.51. The first-order valence-electron chi connectivity index (χ1n) is 10.1. The number of nitrogens with zero attached hydrogens (tertiary/aromatic N) is 2. The van der Waals surface area contributed by atoms with Crippen molar-refractivity contribution in [2.24, 2.45) is 5.73 Å². The van der Waals surface area contributed by atoms with E-state index in [2.05, 4.69) is 11.5 Å². The summed E-state index contributed by atoms with van der Waals surface area (Å²) in [7, 11) is 1.51. The molecule has 5 nitrogen and oxygen atoms in total. The number of hydrogen-bond donors (Lipinski definition) is 1. The van der Waals surface area contributed by atoms with E-state index in [0.717, 1.165) is 16.8 Å². The van der Waals surface area contributed by atoms with Gasteiger partial charge in [0.05, 0.1) is 7.11 Å². The Hall–Kier alpha value is -3.29. The number of halogens is 1. The maximum absolute atomic E-state index is 13.4. The van der Waals surface area contributed by atoms with Crippen molar-refractivity contribution in [2.45, 2.75) is 18.0 Å². The van der Waals surface area contributed by atoms with Crippen LogP contribution in [0.25, 0.3) is 0 Å². The van der Waals surface area contributed by atoms with Gasteiger partial charge in [-0.3, -0.25) is 4.79 Å². The van der Waals surface area contributed by atoms with Crippen LogP contribution in [0.2, 0.25) is 0 Å². The fourth-order valence-electron chi connectivity index (χ4n) is 3.78. The minimum atomic E-state index is -0.666. The van der Waals surface area contributed by atoms with E-state index in [4.69, 9.17) is 10.5 Å². The van der Waals surface area contributed by atoms with Gasteiger partial charge in [-0.2, -0.15) is 0 Å². The van der Waals surface area contributed by atoms with Gasteiger partial charge in [-0.1, -0.05) is 18.7 Å². The van der Waals surface area contributed by atoms with Gasteiger partial charge in [-0.15, -0.1) is 11.8 Å². The van der Waals surface area contributed by atoms with Crippen molar-refractivity contribution in [3.8, 4) is 0 Å². The topological polar surface area (TPSA) is 60.5 Å². The predicted molar refractivity (Wildman–Crippen MR) is 127 cm³/mol. The van der Waals surface area contributed by atoms with E-state index in [1.807, 2.05) is 48.3 Å². The van der Waals surface area contributed by atoms with Gasteiger partial charge < -0.3 is 19.9 Å². The van der Waals surface area contributed by atoms with Gasteiger partial charge in [-0.05, 0) is 59.0 Å². The first-order chi connectivity index (χ1) is 15.5. The van der Waals surface area contributed by atoms with Gasteiger partial charge in [0.25, 0.3) is 0 Å². The Morgan fingerprint density at radius 2 is 1.94 bits per heavy atom. The zero-order valence-electron chi connectivity index (χ0n) is 17.6. The van der Waals surface area contributed by atoms with Crippen LogP contribution in [0.3, 0.4) is 0 Å². The summed E-state index contributed by atoms with van der Waals surface area (Å²) in [5.74, 6) is -0.0350. The maximum atomic E-state index is 13.4. The van der Waals surface area contributed by atoms with Crippen molar-refractivity contribution >= 4 is 23.2 Å². The third-order valence-corrected chi connectivity index (χ3v) is 6.48. The molecule has 0 radical (unpaired) electrons. The Bertz CT molecular complexity index is 1140. The molecule has 2 heterocycles. The second-order valence-electron chi connectivity index (χ2n) is 7.35. The van der Waals surface area contributed by atoms with Crippen LogP contribution in [-0.2, 0) is 11.3 Å². The van der Waals surface area contributed by atoms with Crippen LogP contribution in [0.1, 0.15) is 32.9 Å². The van der Waals surface area contributed by atoms with E-state index in [-0.39, 0.29) is 23.5 Å². The van der Waals surface area contributed by atoms with Crippen LogP contribution in [-0.4, -0.2) is 17.5 Å². The molecule has 32 heavy (non-hydrogen) atoms. The lowest BCUT2D eigenvalue weighted by molar-refractivity contribution is 0.0906. The number of thioether (sulfide) groups is 1. The van der Waals surface area contributed by atoms with Crippen molar-refractivity contribution in [1.82, 2.24) is 4.57 Å². The van der Waals surface area contributed by atoms with Gasteiger partial charge in [-0.25, -0.2) is 4.39 Å². The average molecular weight is 450 g/mol. The zero-order valence-corrected chi connectivity index (χ0v) is 18.5. The third kappa shape index (κ3) is 4.22. The number of hydrogen-bond acceptors (Lipinski definition) is 5. The van der Waals surface area contributed by atoms with Crippen molar-refractivity contribution < 1.29 is 13.9 Å². The van der Waals surface area contributed by atoms with E-state index in [9.17, 15) is 9.18 Å². The van der Waals surface area contributed by atoms with Crippen LogP contribution >= 0.6 is 11.8 Å². The quantitative estimate of drug-likeness (QED) is 0.369. The smallest absolute Gasteiger partial charge is 0.193 e. The van der Waals surface area contributed by atoms with E-state index in [1.54, 1.807) is 34.5 Å². The molecule has 0 amide bonds. The lowest BCUT2D eigenvalue weighted by Crippen LogP contribution is -2.23. The van der Waals surface area contributed by atoms with E-state index < -0.39 is 6.04 Å². The molecule has 1 aliphatic rings. The summed E-state index contributed by atoms with van der Waals surface area (Å²) in [6, 6.07) is 15.1. The number of carbonyl (C=O) groups is 1. The number of ketones is 1. The number of carbonyl (C=O) groups excluding carboxylic acids is 1. The second kappa shape index (κ2) is 9.46. The van der Waals surface area contributed by atoms with Gasteiger partial charge in [0.1, 0.15) is 17.0 Å². The molecular formula is C25H24FN3O2S. The Labute approximate surface area is 191 Å². The Balaban J connectivity index is 1.67.